The van der Waals surface area contributed by atoms with Gasteiger partial charge in [0.25, 0.3) is 0 Å². The maximum atomic E-state index is 13.5. The van der Waals surface area contributed by atoms with Crippen LogP contribution in [0.5, 0.6) is 0 Å². The molecule has 2 bridgehead atoms. The maximum Gasteiger partial charge on any atom is 0.338 e. The smallest absolute Gasteiger partial charge is 0.338 e. The Balaban J connectivity index is 1.14. The molecule has 2 saturated carbocycles. The van der Waals surface area contributed by atoms with Crippen LogP contribution in [0.15, 0.2) is 54.6 Å². The number of unbranched alkanes of at least 4 members (excludes halogenated alkanes) is 7. The van der Waals surface area contributed by atoms with Gasteiger partial charge in [0, 0.05) is 0 Å². The van der Waals surface area contributed by atoms with Crippen LogP contribution < -0.4 is 4.90 Å². The van der Waals surface area contributed by atoms with Gasteiger partial charge in [-0.2, -0.15) is 0 Å². The van der Waals surface area contributed by atoms with Gasteiger partial charge in [0.05, 0.1) is 29.7 Å². The molecular formula is C32H39NO4. The van der Waals surface area contributed by atoms with Crippen molar-refractivity contribution in [2.45, 2.75) is 77.0 Å². The predicted octanol–water partition coefficient (Wildman–Crippen LogP) is 6.91. The summed E-state index contributed by atoms with van der Waals surface area (Å²) in [5.74, 6) is -0.0816. The average molecular weight is 502 g/mol. The minimum atomic E-state index is -0.353. The van der Waals surface area contributed by atoms with Gasteiger partial charge in [0.1, 0.15) is 0 Å². The predicted molar refractivity (Wildman–Crippen MR) is 144 cm³/mol. The number of fused-ring (bicyclic) bond motifs is 5. The molecule has 0 spiro atoms. The molecule has 2 aliphatic carbocycles. The molecule has 0 radical (unpaired) electrons. The van der Waals surface area contributed by atoms with Crippen molar-refractivity contribution in [2.24, 2.45) is 23.7 Å². The van der Waals surface area contributed by atoms with Crippen LogP contribution in [0.4, 0.5) is 5.69 Å². The summed E-state index contributed by atoms with van der Waals surface area (Å²) >= 11 is 0. The molecule has 0 unspecified atom stereocenters. The second-order valence-electron chi connectivity index (χ2n) is 11.1. The topological polar surface area (TPSA) is 63.7 Å². The lowest BCUT2D eigenvalue weighted by atomic mass is 9.73. The SMILES string of the molecule is CCCCCCCCCCOC(=O)c1ccc(N2C(=O)[C@@H]3[C@@H]4C[C@@H]([C@@H]3C2=O)[C@@H](c2ccccc2)C4)cc1. The lowest BCUT2D eigenvalue weighted by molar-refractivity contribution is -0.123. The number of rotatable bonds is 12. The van der Waals surface area contributed by atoms with Gasteiger partial charge in [-0.15, -0.1) is 0 Å². The molecule has 2 aromatic carbocycles. The number of hydrogen-bond acceptors (Lipinski definition) is 4. The normalized spacial score (nSPS) is 26.1. The zero-order chi connectivity index (χ0) is 25.8. The van der Waals surface area contributed by atoms with Gasteiger partial charge in [-0.25, -0.2) is 4.79 Å². The average Bonchev–Trinajstić information content (AvgIpc) is 3.59. The van der Waals surface area contributed by atoms with E-state index in [0.29, 0.717) is 23.8 Å². The van der Waals surface area contributed by atoms with E-state index >= 15 is 0 Å². The first-order valence-corrected chi connectivity index (χ1v) is 14.3. The van der Waals surface area contributed by atoms with Crippen LogP contribution in [0, 0.1) is 23.7 Å². The Hall–Kier alpha value is -2.95. The highest BCUT2D eigenvalue weighted by Crippen LogP contribution is 2.61. The van der Waals surface area contributed by atoms with Crippen LogP contribution in [-0.2, 0) is 14.3 Å². The van der Waals surface area contributed by atoms with E-state index < -0.39 is 0 Å². The summed E-state index contributed by atoms with van der Waals surface area (Å²) in [6, 6.07) is 17.2. The fourth-order valence-electron chi connectivity index (χ4n) is 7.03. The molecule has 3 fully saturated rings. The van der Waals surface area contributed by atoms with Crippen LogP contribution in [0.1, 0.15) is 93.0 Å². The van der Waals surface area contributed by atoms with Crippen molar-refractivity contribution in [3.63, 3.8) is 0 Å². The van der Waals surface area contributed by atoms with E-state index in [4.69, 9.17) is 4.74 Å². The highest BCUT2D eigenvalue weighted by Gasteiger charge is 2.64. The number of esters is 1. The Bertz CT molecular complexity index is 1100. The van der Waals surface area contributed by atoms with E-state index in [0.717, 1.165) is 25.7 Å². The Morgan fingerprint density at radius 2 is 1.46 bits per heavy atom. The van der Waals surface area contributed by atoms with Crippen LogP contribution in [-0.4, -0.2) is 24.4 Å². The summed E-state index contributed by atoms with van der Waals surface area (Å²) in [4.78, 5) is 40.7. The quantitative estimate of drug-likeness (QED) is 0.180. The second-order valence-corrected chi connectivity index (χ2v) is 11.1. The van der Waals surface area contributed by atoms with E-state index in [1.54, 1.807) is 24.3 Å². The van der Waals surface area contributed by atoms with E-state index in [9.17, 15) is 14.4 Å². The lowest BCUT2D eigenvalue weighted by Crippen LogP contribution is -2.33. The molecule has 3 aliphatic rings. The molecule has 1 saturated heterocycles. The number of carbonyl (C=O) groups is 3. The van der Waals surface area contributed by atoms with Crippen molar-refractivity contribution in [2.75, 3.05) is 11.5 Å². The van der Waals surface area contributed by atoms with Gasteiger partial charge < -0.3 is 4.74 Å². The highest BCUT2D eigenvalue weighted by molar-refractivity contribution is 6.22. The fourth-order valence-corrected chi connectivity index (χ4v) is 7.03. The Kier molecular flexibility index (Phi) is 8.07. The first-order valence-electron chi connectivity index (χ1n) is 14.3. The van der Waals surface area contributed by atoms with E-state index in [-0.39, 0.29) is 41.5 Å². The monoisotopic (exact) mass is 501 g/mol. The van der Waals surface area contributed by atoms with E-state index in [1.165, 1.54) is 49.0 Å². The largest absolute Gasteiger partial charge is 0.462 e. The van der Waals surface area contributed by atoms with Crippen molar-refractivity contribution < 1.29 is 19.1 Å². The second kappa shape index (κ2) is 11.6. The van der Waals surface area contributed by atoms with E-state index in [2.05, 4.69) is 31.2 Å². The van der Waals surface area contributed by atoms with Crippen molar-refractivity contribution in [3.8, 4) is 0 Å². The molecule has 5 heteroatoms. The minimum Gasteiger partial charge on any atom is -0.462 e. The number of carbonyl (C=O) groups excluding carboxylic acids is 3. The molecule has 0 N–H and O–H groups in total. The number of amides is 2. The molecule has 1 aliphatic heterocycles. The molecular weight excluding hydrogens is 462 g/mol. The summed E-state index contributed by atoms with van der Waals surface area (Å²) in [6.45, 7) is 2.65. The zero-order valence-electron chi connectivity index (χ0n) is 21.9. The summed E-state index contributed by atoms with van der Waals surface area (Å²) in [5.41, 5.74) is 2.29. The summed E-state index contributed by atoms with van der Waals surface area (Å²) < 4.78 is 5.45. The van der Waals surface area contributed by atoms with Crippen LogP contribution in [0.2, 0.25) is 0 Å². The standard InChI is InChI=1S/C32H39NO4/c1-2-3-4-5-6-7-8-12-19-37-32(36)23-15-17-25(18-16-23)33-30(34)28-24-20-26(22-13-10-9-11-14-22)27(21-24)29(28)31(33)35/h9-11,13-18,24,26-29H,2-8,12,19-21H2,1H3/t24-,26+,27+,28+,29-/m0/s1. The van der Waals surface area contributed by atoms with E-state index in [1.807, 2.05) is 6.07 Å². The Morgan fingerprint density at radius 1 is 0.811 bits per heavy atom. The summed E-state index contributed by atoms with van der Waals surface area (Å²) in [6.07, 6.45) is 11.5. The first kappa shape index (κ1) is 25.7. The molecule has 1 heterocycles. The molecule has 5 atom stereocenters. The van der Waals surface area contributed by atoms with Gasteiger partial charge in [-0.1, -0.05) is 82.2 Å². The summed E-state index contributed by atoms with van der Waals surface area (Å²) in [5, 5.41) is 0. The third-order valence-corrected chi connectivity index (χ3v) is 8.84. The van der Waals surface area contributed by atoms with Gasteiger partial charge in [-0.05, 0) is 66.8 Å². The number of benzene rings is 2. The molecule has 5 nitrogen and oxygen atoms in total. The van der Waals surface area contributed by atoms with Crippen LogP contribution in [0.25, 0.3) is 0 Å². The number of hydrogen-bond donors (Lipinski definition) is 0. The van der Waals surface area contributed by atoms with Crippen molar-refractivity contribution in [1.82, 2.24) is 0 Å². The molecule has 5 rings (SSSR count). The van der Waals surface area contributed by atoms with Crippen molar-refractivity contribution in [3.05, 3.63) is 65.7 Å². The fraction of sp³-hybridized carbons (Fsp3) is 0.531. The number of nitrogens with zero attached hydrogens (tertiary/aromatic N) is 1. The van der Waals surface area contributed by atoms with Crippen LogP contribution >= 0.6 is 0 Å². The number of ether oxygens (including phenoxy) is 1. The minimum absolute atomic E-state index is 0.0703. The third kappa shape index (κ3) is 5.23. The highest BCUT2D eigenvalue weighted by atomic mass is 16.5. The zero-order valence-corrected chi connectivity index (χ0v) is 21.9. The van der Waals surface area contributed by atoms with Crippen molar-refractivity contribution in [1.29, 1.82) is 0 Å². The number of anilines is 1. The Morgan fingerprint density at radius 3 is 2.16 bits per heavy atom. The van der Waals surface area contributed by atoms with Gasteiger partial charge in [0.2, 0.25) is 11.8 Å². The summed E-state index contributed by atoms with van der Waals surface area (Å²) in [7, 11) is 0. The van der Waals surface area contributed by atoms with Gasteiger partial charge >= 0.3 is 5.97 Å². The molecule has 0 aromatic heterocycles. The molecule has 2 aromatic rings. The number of imide groups is 1. The Labute approximate surface area is 220 Å². The van der Waals surface area contributed by atoms with Crippen molar-refractivity contribution >= 4 is 23.5 Å². The van der Waals surface area contributed by atoms with Crippen LogP contribution in [0.3, 0.4) is 0 Å². The molecule has 196 valence electrons. The first-order chi connectivity index (χ1) is 18.1. The lowest BCUT2D eigenvalue weighted by Gasteiger charge is -2.28. The maximum absolute atomic E-state index is 13.5. The molecule has 2 amide bonds. The van der Waals surface area contributed by atoms with Gasteiger partial charge in [-0.3, -0.25) is 14.5 Å². The third-order valence-electron chi connectivity index (χ3n) is 8.84. The molecule has 37 heavy (non-hydrogen) atoms. The van der Waals surface area contributed by atoms with Gasteiger partial charge in [0.15, 0.2) is 0 Å².